The molecule has 0 spiro atoms. The molecule has 0 aliphatic rings. The summed E-state index contributed by atoms with van der Waals surface area (Å²) in [6.07, 6.45) is 1.62. The highest BCUT2D eigenvalue weighted by Gasteiger charge is 2.08. The summed E-state index contributed by atoms with van der Waals surface area (Å²) >= 11 is 5.81. The molecule has 2 aromatic rings. The summed E-state index contributed by atoms with van der Waals surface area (Å²) < 4.78 is 5.33. The summed E-state index contributed by atoms with van der Waals surface area (Å²) in [7, 11) is 0. The summed E-state index contributed by atoms with van der Waals surface area (Å²) in [4.78, 5) is 26.5. The molecule has 0 unspecified atom stereocenters. The van der Waals surface area contributed by atoms with Gasteiger partial charge >= 0.3 is 0 Å². The lowest BCUT2D eigenvalue weighted by molar-refractivity contribution is -0.118. The molecule has 0 aliphatic heterocycles. The van der Waals surface area contributed by atoms with Gasteiger partial charge in [0.25, 0.3) is 5.91 Å². The summed E-state index contributed by atoms with van der Waals surface area (Å²) in [5.74, 6) is -0.192. The van der Waals surface area contributed by atoms with Crippen LogP contribution in [0.15, 0.2) is 42.6 Å². The normalized spacial score (nSPS) is 10.0. The average Bonchev–Trinajstić information content (AvgIpc) is 2.48. The van der Waals surface area contributed by atoms with Crippen LogP contribution in [0, 0.1) is 0 Å². The molecule has 1 aromatic heterocycles. The number of primary amides is 1. The standard InChI is InChI=1S/C15H14ClN3O3/c16-10-5-7-18-13(9-10)15(21)19-11-1-3-12(4-2-11)22-8-6-14(17)20/h1-5,7,9H,6,8H2,(H2,17,20)(H,19,21). The van der Waals surface area contributed by atoms with E-state index in [0.717, 1.165) is 0 Å². The molecule has 114 valence electrons. The van der Waals surface area contributed by atoms with E-state index in [0.29, 0.717) is 16.5 Å². The second kappa shape index (κ2) is 7.42. The van der Waals surface area contributed by atoms with E-state index in [2.05, 4.69) is 10.3 Å². The third-order valence-electron chi connectivity index (χ3n) is 2.68. The minimum Gasteiger partial charge on any atom is -0.493 e. The van der Waals surface area contributed by atoms with Crippen LogP contribution >= 0.6 is 11.6 Å². The van der Waals surface area contributed by atoms with Crippen molar-refractivity contribution >= 4 is 29.1 Å². The van der Waals surface area contributed by atoms with Crippen LogP contribution in [0.1, 0.15) is 16.9 Å². The minimum absolute atomic E-state index is 0.152. The fourth-order valence-corrected chi connectivity index (χ4v) is 1.79. The summed E-state index contributed by atoms with van der Waals surface area (Å²) in [6, 6.07) is 9.81. The van der Waals surface area contributed by atoms with Crippen LogP contribution in [0.3, 0.4) is 0 Å². The molecule has 0 radical (unpaired) electrons. The van der Waals surface area contributed by atoms with Gasteiger partial charge in [-0.15, -0.1) is 0 Å². The van der Waals surface area contributed by atoms with Crippen molar-refractivity contribution in [2.45, 2.75) is 6.42 Å². The number of benzene rings is 1. The number of nitrogens with one attached hydrogen (secondary N) is 1. The quantitative estimate of drug-likeness (QED) is 0.853. The predicted molar refractivity (Wildman–Crippen MR) is 82.9 cm³/mol. The monoisotopic (exact) mass is 319 g/mol. The number of carbonyl (C=O) groups excluding carboxylic acids is 2. The lowest BCUT2D eigenvalue weighted by Crippen LogP contribution is -2.14. The first kappa shape index (κ1) is 15.8. The number of carbonyl (C=O) groups is 2. The summed E-state index contributed by atoms with van der Waals surface area (Å²) in [6.45, 7) is 0.216. The Kier molecular flexibility index (Phi) is 5.32. The van der Waals surface area contributed by atoms with Crippen LogP contribution in [-0.2, 0) is 4.79 Å². The Morgan fingerprint density at radius 1 is 1.23 bits per heavy atom. The number of rotatable bonds is 6. The number of nitrogens with zero attached hydrogens (tertiary/aromatic N) is 1. The molecule has 1 aromatic carbocycles. The Morgan fingerprint density at radius 3 is 2.59 bits per heavy atom. The molecule has 0 fully saturated rings. The number of anilines is 1. The third kappa shape index (κ3) is 4.75. The van der Waals surface area contributed by atoms with Crippen molar-refractivity contribution in [3.63, 3.8) is 0 Å². The van der Waals surface area contributed by atoms with E-state index >= 15 is 0 Å². The van der Waals surface area contributed by atoms with Crippen LogP contribution < -0.4 is 15.8 Å². The Balaban J connectivity index is 1.93. The maximum atomic E-state index is 12.0. The van der Waals surface area contributed by atoms with Crippen LogP contribution in [-0.4, -0.2) is 23.4 Å². The van der Waals surface area contributed by atoms with Gasteiger partial charge in [-0.25, -0.2) is 0 Å². The zero-order chi connectivity index (χ0) is 15.9. The Hall–Kier alpha value is -2.60. The number of hydrogen-bond donors (Lipinski definition) is 2. The van der Waals surface area contributed by atoms with E-state index in [1.54, 1.807) is 30.3 Å². The van der Waals surface area contributed by atoms with Gasteiger partial charge in [-0.3, -0.25) is 14.6 Å². The van der Waals surface area contributed by atoms with Gasteiger partial charge in [0.05, 0.1) is 13.0 Å². The Morgan fingerprint density at radius 2 is 1.95 bits per heavy atom. The second-order valence-electron chi connectivity index (χ2n) is 4.40. The number of nitrogens with two attached hydrogens (primary N) is 1. The summed E-state index contributed by atoms with van der Waals surface area (Å²) in [5.41, 5.74) is 5.84. The van der Waals surface area contributed by atoms with Crippen molar-refractivity contribution < 1.29 is 14.3 Å². The average molecular weight is 320 g/mol. The Bertz CT molecular complexity index is 674. The maximum Gasteiger partial charge on any atom is 0.274 e. The van der Waals surface area contributed by atoms with Crippen molar-refractivity contribution in [3.8, 4) is 5.75 Å². The van der Waals surface area contributed by atoms with Gasteiger partial charge in [-0.2, -0.15) is 0 Å². The number of aromatic nitrogens is 1. The van der Waals surface area contributed by atoms with Crippen molar-refractivity contribution in [1.29, 1.82) is 0 Å². The zero-order valence-corrected chi connectivity index (χ0v) is 12.3. The molecule has 0 atom stereocenters. The molecule has 0 aliphatic carbocycles. The topological polar surface area (TPSA) is 94.3 Å². The highest BCUT2D eigenvalue weighted by molar-refractivity contribution is 6.30. The van der Waals surface area contributed by atoms with Crippen LogP contribution in [0.2, 0.25) is 5.02 Å². The minimum atomic E-state index is -0.419. The van der Waals surface area contributed by atoms with E-state index in [4.69, 9.17) is 22.1 Å². The molecule has 0 bridgehead atoms. The van der Waals surface area contributed by atoms with Crippen molar-refractivity contribution in [2.24, 2.45) is 5.73 Å². The molecule has 22 heavy (non-hydrogen) atoms. The number of pyridine rings is 1. The van der Waals surface area contributed by atoms with E-state index in [-0.39, 0.29) is 24.6 Å². The number of hydrogen-bond acceptors (Lipinski definition) is 4. The number of halogens is 1. The van der Waals surface area contributed by atoms with Gasteiger partial charge in [0, 0.05) is 16.9 Å². The van der Waals surface area contributed by atoms with Crippen molar-refractivity contribution in [1.82, 2.24) is 4.98 Å². The van der Waals surface area contributed by atoms with E-state index in [9.17, 15) is 9.59 Å². The zero-order valence-electron chi connectivity index (χ0n) is 11.6. The molecule has 3 N–H and O–H groups in total. The van der Waals surface area contributed by atoms with Crippen molar-refractivity contribution in [3.05, 3.63) is 53.3 Å². The molecule has 2 amide bonds. The summed E-state index contributed by atoms with van der Waals surface area (Å²) in [5, 5.41) is 3.14. The van der Waals surface area contributed by atoms with Gasteiger partial charge in [-0.05, 0) is 36.4 Å². The molecular weight excluding hydrogens is 306 g/mol. The smallest absolute Gasteiger partial charge is 0.274 e. The highest BCUT2D eigenvalue weighted by Crippen LogP contribution is 2.17. The van der Waals surface area contributed by atoms with E-state index < -0.39 is 5.91 Å². The van der Waals surface area contributed by atoms with E-state index in [1.165, 1.54) is 12.3 Å². The van der Waals surface area contributed by atoms with E-state index in [1.807, 2.05) is 0 Å². The molecule has 1 heterocycles. The third-order valence-corrected chi connectivity index (χ3v) is 2.92. The maximum absolute atomic E-state index is 12.0. The second-order valence-corrected chi connectivity index (χ2v) is 4.84. The van der Waals surface area contributed by atoms with Gasteiger partial charge < -0.3 is 15.8 Å². The van der Waals surface area contributed by atoms with Gasteiger partial charge in [0.15, 0.2) is 0 Å². The molecular formula is C15H14ClN3O3. The van der Waals surface area contributed by atoms with Gasteiger partial charge in [0.2, 0.25) is 5.91 Å². The number of ether oxygens (including phenoxy) is 1. The first-order valence-corrected chi connectivity index (χ1v) is 6.86. The highest BCUT2D eigenvalue weighted by atomic mass is 35.5. The SMILES string of the molecule is NC(=O)CCOc1ccc(NC(=O)c2cc(Cl)ccn2)cc1. The lowest BCUT2D eigenvalue weighted by atomic mass is 10.2. The molecule has 0 saturated carbocycles. The van der Waals surface area contributed by atoms with Gasteiger partial charge in [0.1, 0.15) is 11.4 Å². The van der Waals surface area contributed by atoms with Crippen LogP contribution in [0.25, 0.3) is 0 Å². The molecule has 7 heteroatoms. The van der Waals surface area contributed by atoms with Crippen LogP contribution in [0.5, 0.6) is 5.75 Å². The molecule has 6 nitrogen and oxygen atoms in total. The Labute approximate surface area is 132 Å². The van der Waals surface area contributed by atoms with Crippen molar-refractivity contribution in [2.75, 3.05) is 11.9 Å². The first-order valence-electron chi connectivity index (χ1n) is 6.48. The fraction of sp³-hybridized carbons (Fsp3) is 0.133. The largest absolute Gasteiger partial charge is 0.493 e. The first-order chi connectivity index (χ1) is 10.5. The van der Waals surface area contributed by atoms with Gasteiger partial charge in [-0.1, -0.05) is 11.6 Å². The van der Waals surface area contributed by atoms with Crippen LogP contribution in [0.4, 0.5) is 5.69 Å². The lowest BCUT2D eigenvalue weighted by Gasteiger charge is -2.07. The fourth-order valence-electron chi connectivity index (χ4n) is 1.63. The molecule has 2 rings (SSSR count). The molecule has 0 saturated heterocycles. The number of amides is 2. The predicted octanol–water partition coefficient (Wildman–Crippen LogP) is 2.24.